The Morgan fingerprint density at radius 2 is 1.81 bits per heavy atom. The molecule has 6 nitrogen and oxygen atoms in total. The third-order valence-electron chi connectivity index (χ3n) is 5.13. The normalized spacial score (nSPS) is 16.3. The molecule has 0 atom stereocenters. The van der Waals surface area contributed by atoms with Crippen LogP contribution in [0, 0.1) is 0 Å². The SMILES string of the molecule is COc1ccc2nc(N3CCN(C)CC3)nc3c2c1Oc1ccccc1-3. The first-order valence-corrected chi connectivity index (χ1v) is 8.84. The van der Waals surface area contributed by atoms with Crippen molar-refractivity contribution in [3.05, 3.63) is 36.4 Å². The second-order valence-corrected chi connectivity index (χ2v) is 6.75. The Morgan fingerprint density at radius 1 is 1.00 bits per heavy atom. The van der Waals surface area contributed by atoms with Crippen molar-refractivity contribution < 1.29 is 9.47 Å². The van der Waals surface area contributed by atoms with E-state index in [-0.39, 0.29) is 0 Å². The molecule has 2 aliphatic heterocycles. The fourth-order valence-corrected chi connectivity index (χ4v) is 3.63. The van der Waals surface area contributed by atoms with Gasteiger partial charge in [-0.2, -0.15) is 0 Å². The van der Waals surface area contributed by atoms with Gasteiger partial charge >= 0.3 is 0 Å². The highest BCUT2D eigenvalue weighted by Gasteiger charge is 2.27. The average Bonchev–Trinajstić information content (AvgIpc) is 2.68. The summed E-state index contributed by atoms with van der Waals surface area (Å²) in [4.78, 5) is 14.4. The smallest absolute Gasteiger partial charge is 0.226 e. The van der Waals surface area contributed by atoms with E-state index < -0.39 is 0 Å². The molecule has 3 heterocycles. The summed E-state index contributed by atoms with van der Waals surface area (Å²) in [6.45, 7) is 3.90. The van der Waals surface area contributed by atoms with E-state index >= 15 is 0 Å². The minimum Gasteiger partial charge on any atom is -0.493 e. The second-order valence-electron chi connectivity index (χ2n) is 6.75. The van der Waals surface area contributed by atoms with Crippen LogP contribution in [0.3, 0.4) is 0 Å². The zero-order valence-electron chi connectivity index (χ0n) is 14.9. The molecule has 0 amide bonds. The lowest BCUT2D eigenvalue weighted by Gasteiger charge is -2.33. The minimum atomic E-state index is 0.698. The van der Waals surface area contributed by atoms with Crippen molar-refractivity contribution in [3.8, 4) is 28.5 Å². The summed E-state index contributed by atoms with van der Waals surface area (Å²) >= 11 is 0. The van der Waals surface area contributed by atoms with E-state index in [0.717, 1.165) is 60.0 Å². The molecule has 26 heavy (non-hydrogen) atoms. The molecule has 0 N–H and O–H groups in total. The predicted octanol–water partition coefficient (Wildman–Crippen LogP) is 3.16. The van der Waals surface area contributed by atoms with Crippen molar-refractivity contribution in [2.75, 3.05) is 45.2 Å². The van der Waals surface area contributed by atoms with E-state index in [9.17, 15) is 0 Å². The average molecular weight is 348 g/mol. The number of likely N-dealkylation sites (N-methyl/N-ethyl adjacent to an activating group) is 1. The van der Waals surface area contributed by atoms with Gasteiger partial charge in [0.25, 0.3) is 0 Å². The van der Waals surface area contributed by atoms with E-state index in [1.54, 1.807) is 7.11 Å². The first-order chi connectivity index (χ1) is 12.7. The van der Waals surface area contributed by atoms with E-state index in [4.69, 9.17) is 19.4 Å². The summed E-state index contributed by atoms with van der Waals surface area (Å²) in [5.41, 5.74) is 2.80. The molecular weight excluding hydrogens is 328 g/mol. The van der Waals surface area contributed by atoms with E-state index in [0.29, 0.717) is 11.5 Å². The van der Waals surface area contributed by atoms with Gasteiger partial charge in [0, 0.05) is 31.7 Å². The molecule has 1 aromatic heterocycles. The van der Waals surface area contributed by atoms with Crippen molar-refractivity contribution in [3.63, 3.8) is 0 Å². The van der Waals surface area contributed by atoms with Crippen molar-refractivity contribution >= 4 is 16.9 Å². The molecule has 0 unspecified atom stereocenters. The lowest BCUT2D eigenvalue weighted by molar-refractivity contribution is 0.311. The molecule has 0 saturated carbocycles. The largest absolute Gasteiger partial charge is 0.493 e. The Kier molecular flexibility index (Phi) is 3.46. The number of anilines is 1. The van der Waals surface area contributed by atoms with Crippen molar-refractivity contribution in [1.29, 1.82) is 0 Å². The number of nitrogens with zero attached hydrogens (tertiary/aromatic N) is 4. The van der Waals surface area contributed by atoms with Crippen LogP contribution in [-0.2, 0) is 0 Å². The maximum atomic E-state index is 6.15. The van der Waals surface area contributed by atoms with Gasteiger partial charge in [0.1, 0.15) is 5.75 Å². The van der Waals surface area contributed by atoms with Gasteiger partial charge in [0.2, 0.25) is 5.95 Å². The fraction of sp³-hybridized carbons (Fsp3) is 0.300. The van der Waals surface area contributed by atoms with Crippen molar-refractivity contribution in [1.82, 2.24) is 14.9 Å². The highest BCUT2D eigenvalue weighted by molar-refractivity contribution is 6.02. The molecule has 2 aromatic carbocycles. The Balaban J connectivity index is 1.74. The molecular formula is C20H20N4O2. The summed E-state index contributed by atoms with van der Waals surface area (Å²) in [5, 5.41) is 0.918. The van der Waals surface area contributed by atoms with Crippen LogP contribution in [0.1, 0.15) is 0 Å². The summed E-state index contributed by atoms with van der Waals surface area (Å²) in [5.74, 6) is 2.98. The number of aromatic nitrogens is 2. The van der Waals surface area contributed by atoms with Crippen LogP contribution < -0.4 is 14.4 Å². The van der Waals surface area contributed by atoms with Gasteiger partial charge in [-0.1, -0.05) is 12.1 Å². The van der Waals surface area contributed by atoms with E-state index in [2.05, 4.69) is 16.8 Å². The predicted molar refractivity (Wildman–Crippen MR) is 101 cm³/mol. The maximum Gasteiger partial charge on any atom is 0.226 e. The molecule has 2 aliphatic rings. The number of hydrogen-bond acceptors (Lipinski definition) is 6. The van der Waals surface area contributed by atoms with Crippen LogP contribution in [0.2, 0.25) is 0 Å². The molecule has 5 rings (SSSR count). The van der Waals surface area contributed by atoms with Gasteiger partial charge < -0.3 is 19.3 Å². The van der Waals surface area contributed by atoms with Gasteiger partial charge in [0.15, 0.2) is 11.5 Å². The lowest BCUT2D eigenvalue weighted by atomic mass is 10.0. The first kappa shape index (κ1) is 15.4. The third-order valence-corrected chi connectivity index (χ3v) is 5.13. The molecule has 0 bridgehead atoms. The molecule has 1 saturated heterocycles. The van der Waals surface area contributed by atoms with Crippen LogP contribution in [0.4, 0.5) is 5.95 Å². The van der Waals surface area contributed by atoms with Gasteiger partial charge in [-0.25, -0.2) is 9.97 Å². The highest BCUT2D eigenvalue weighted by atomic mass is 16.5. The van der Waals surface area contributed by atoms with Crippen molar-refractivity contribution in [2.45, 2.75) is 0 Å². The van der Waals surface area contributed by atoms with Gasteiger partial charge in [-0.15, -0.1) is 0 Å². The quantitative estimate of drug-likeness (QED) is 0.555. The fourth-order valence-electron chi connectivity index (χ4n) is 3.63. The Labute approximate surface area is 152 Å². The van der Waals surface area contributed by atoms with Gasteiger partial charge in [-0.05, 0) is 31.3 Å². The second kappa shape index (κ2) is 5.85. The highest BCUT2D eigenvalue weighted by Crippen LogP contribution is 2.49. The summed E-state index contributed by atoms with van der Waals surface area (Å²) in [6, 6.07) is 11.9. The molecule has 6 heteroatoms. The third kappa shape index (κ3) is 2.29. The molecule has 1 fully saturated rings. The molecule has 3 aromatic rings. The summed E-state index contributed by atoms with van der Waals surface area (Å²) in [7, 11) is 3.80. The summed E-state index contributed by atoms with van der Waals surface area (Å²) < 4.78 is 11.7. The number of fused-ring (bicyclic) bond motifs is 2. The lowest BCUT2D eigenvalue weighted by Crippen LogP contribution is -2.45. The monoisotopic (exact) mass is 348 g/mol. The van der Waals surface area contributed by atoms with Crippen LogP contribution in [0.5, 0.6) is 17.2 Å². The molecule has 0 aliphatic carbocycles. The number of benzene rings is 2. The molecule has 132 valence electrons. The van der Waals surface area contributed by atoms with Gasteiger partial charge in [-0.3, -0.25) is 0 Å². The standard InChI is InChI=1S/C20H20N4O2/c1-23-9-11-24(12-10-23)20-21-14-7-8-16(25-2)19-17(14)18(22-20)13-5-3-4-6-15(13)26-19/h3-8H,9-12H2,1-2H3. The summed E-state index contributed by atoms with van der Waals surface area (Å²) in [6.07, 6.45) is 0. The maximum absolute atomic E-state index is 6.15. The zero-order valence-corrected chi connectivity index (χ0v) is 14.9. The number of rotatable bonds is 2. The number of para-hydroxylation sites is 1. The van der Waals surface area contributed by atoms with Crippen molar-refractivity contribution in [2.24, 2.45) is 0 Å². The zero-order chi connectivity index (χ0) is 17.7. The van der Waals surface area contributed by atoms with Crippen LogP contribution in [0.25, 0.3) is 22.2 Å². The Hall–Kier alpha value is -2.86. The molecule has 0 spiro atoms. The topological polar surface area (TPSA) is 50.7 Å². The van der Waals surface area contributed by atoms with Crippen LogP contribution >= 0.6 is 0 Å². The first-order valence-electron chi connectivity index (χ1n) is 8.84. The van der Waals surface area contributed by atoms with E-state index in [1.165, 1.54) is 0 Å². The number of ether oxygens (including phenoxy) is 2. The minimum absolute atomic E-state index is 0.698. The van der Waals surface area contributed by atoms with Gasteiger partial charge in [0.05, 0.1) is 23.7 Å². The van der Waals surface area contributed by atoms with Crippen LogP contribution in [0.15, 0.2) is 36.4 Å². The number of piperazine rings is 1. The number of hydrogen-bond donors (Lipinski definition) is 0. The van der Waals surface area contributed by atoms with Crippen LogP contribution in [-0.4, -0.2) is 55.2 Å². The van der Waals surface area contributed by atoms with E-state index in [1.807, 2.05) is 36.4 Å². The Bertz CT molecular complexity index is 997. The number of methoxy groups -OCH3 is 1. The molecule has 0 radical (unpaired) electrons. The Morgan fingerprint density at radius 3 is 2.62 bits per heavy atom.